The zero-order chi connectivity index (χ0) is 14.4. The lowest BCUT2D eigenvalue weighted by Crippen LogP contribution is -2.34. The normalized spacial score (nSPS) is 16.3. The summed E-state index contributed by atoms with van der Waals surface area (Å²) in [5.74, 6) is -0.790. The van der Waals surface area contributed by atoms with Crippen molar-refractivity contribution in [2.24, 2.45) is 0 Å². The molecule has 0 unspecified atom stereocenters. The van der Waals surface area contributed by atoms with E-state index in [4.69, 9.17) is 5.11 Å². The van der Waals surface area contributed by atoms with Crippen LogP contribution in [-0.4, -0.2) is 35.0 Å². The van der Waals surface area contributed by atoms with Crippen LogP contribution in [-0.2, 0) is 11.2 Å². The lowest BCUT2D eigenvalue weighted by molar-refractivity contribution is -0.130. The molecule has 108 valence electrons. The highest BCUT2D eigenvalue weighted by atomic mass is 16.4. The van der Waals surface area contributed by atoms with E-state index in [9.17, 15) is 9.59 Å². The van der Waals surface area contributed by atoms with Crippen LogP contribution in [0.4, 0.5) is 0 Å². The Morgan fingerprint density at radius 1 is 0.950 bits per heavy atom. The molecule has 1 aromatic rings. The molecule has 1 aliphatic heterocycles. The number of rotatable bonds is 3. The summed E-state index contributed by atoms with van der Waals surface area (Å²) in [5.41, 5.74) is 1.13. The Labute approximate surface area is 119 Å². The maximum Gasteiger partial charge on any atom is 0.335 e. The van der Waals surface area contributed by atoms with Crippen LogP contribution in [0.15, 0.2) is 24.3 Å². The van der Waals surface area contributed by atoms with E-state index < -0.39 is 5.97 Å². The van der Waals surface area contributed by atoms with Crippen molar-refractivity contribution in [2.75, 3.05) is 13.1 Å². The fourth-order valence-electron chi connectivity index (χ4n) is 2.55. The molecule has 0 spiro atoms. The van der Waals surface area contributed by atoms with Crippen molar-refractivity contribution in [1.29, 1.82) is 0 Å². The molecule has 0 saturated carbocycles. The van der Waals surface area contributed by atoms with Gasteiger partial charge in [0, 0.05) is 13.1 Å². The summed E-state index contributed by atoms with van der Waals surface area (Å²) in [6.45, 7) is 1.71. The number of amides is 1. The Kier molecular flexibility index (Phi) is 5.16. The molecule has 1 heterocycles. The van der Waals surface area contributed by atoms with Crippen LogP contribution in [0.5, 0.6) is 0 Å². The molecule has 0 atom stereocenters. The SMILES string of the molecule is O=C(O)c1ccc(CC(=O)N2CCCCCCC2)cc1. The number of carbonyl (C=O) groups is 2. The van der Waals surface area contributed by atoms with Crippen molar-refractivity contribution in [1.82, 2.24) is 4.90 Å². The van der Waals surface area contributed by atoms with Crippen LogP contribution in [0.3, 0.4) is 0 Å². The topological polar surface area (TPSA) is 57.6 Å². The average Bonchev–Trinajstić information content (AvgIpc) is 2.38. The summed E-state index contributed by atoms with van der Waals surface area (Å²) >= 11 is 0. The summed E-state index contributed by atoms with van der Waals surface area (Å²) in [6, 6.07) is 6.56. The van der Waals surface area contributed by atoms with Gasteiger partial charge in [-0.05, 0) is 30.5 Å². The lowest BCUT2D eigenvalue weighted by atomic mass is 10.1. The number of benzene rings is 1. The van der Waals surface area contributed by atoms with Crippen molar-refractivity contribution in [3.8, 4) is 0 Å². The standard InChI is InChI=1S/C16H21NO3/c18-15(17-10-4-2-1-3-5-11-17)12-13-6-8-14(9-7-13)16(19)20/h6-9H,1-5,10-12H2,(H,19,20). The Bertz CT molecular complexity index is 459. The minimum absolute atomic E-state index is 0.148. The van der Waals surface area contributed by atoms with Crippen LogP contribution in [0.2, 0.25) is 0 Å². The Balaban J connectivity index is 1.93. The van der Waals surface area contributed by atoms with Crippen molar-refractivity contribution < 1.29 is 14.7 Å². The highest BCUT2D eigenvalue weighted by Crippen LogP contribution is 2.13. The molecule has 20 heavy (non-hydrogen) atoms. The summed E-state index contributed by atoms with van der Waals surface area (Å²) in [4.78, 5) is 25.0. The van der Waals surface area contributed by atoms with Gasteiger partial charge in [0.2, 0.25) is 5.91 Å². The van der Waals surface area contributed by atoms with E-state index in [0.717, 1.165) is 31.5 Å². The van der Waals surface area contributed by atoms with E-state index in [-0.39, 0.29) is 11.5 Å². The zero-order valence-electron chi connectivity index (χ0n) is 11.7. The van der Waals surface area contributed by atoms with Crippen molar-refractivity contribution >= 4 is 11.9 Å². The monoisotopic (exact) mass is 275 g/mol. The van der Waals surface area contributed by atoms with Crippen LogP contribution in [0.1, 0.15) is 48.0 Å². The molecule has 4 heteroatoms. The second-order valence-corrected chi connectivity index (χ2v) is 5.33. The van der Waals surface area contributed by atoms with E-state index in [0.29, 0.717) is 6.42 Å². The average molecular weight is 275 g/mol. The van der Waals surface area contributed by atoms with Crippen LogP contribution in [0.25, 0.3) is 0 Å². The van der Waals surface area contributed by atoms with Crippen molar-refractivity contribution in [3.63, 3.8) is 0 Å². The molecule has 0 bridgehead atoms. The lowest BCUT2D eigenvalue weighted by Gasteiger charge is -2.24. The maximum atomic E-state index is 12.3. The molecule has 1 amide bonds. The van der Waals surface area contributed by atoms with Crippen LogP contribution < -0.4 is 0 Å². The first-order chi connectivity index (χ1) is 9.66. The van der Waals surface area contributed by atoms with Gasteiger partial charge in [-0.25, -0.2) is 4.79 Å². The molecule has 1 saturated heterocycles. The van der Waals surface area contributed by atoms with Gasteiger partial charge in [0.05, 0.1) is 12.0 Å². The molecular weight excluding hydrogens is 254 g/mol. The first-order valence-corrected chi connectivity index (χ1v) is 7.27. The second kappa shape index (κ2) is 7.08. The van der Waals surface area contributed by atoms with Gasteiger partial charge in [0.15, 0.2) is 0 Å². The summed E-state index contributed by atoms with van der Waals surface area (Å²) in [6.07, 6.45) is 6.22. The third-order valence-corrected chi connectivity index (χ3v) is 3.77. The molecule has 1 fully saturated rings. The Hall–Kier alpha value is -1.84. The molecule has 1 aromatic carbocycles. The number of carboxylic acid groups (broad SMARTS) is 1. The van der Waals surface area contributed by atoms with E-state index in [1.165, 1.54) is 19.3 Å². The number of hydrogen-bond donors (Lipinski definition) is 1. The number of hydrogen-bond acceptors (Lipinski definition) is 2. The van der Waals surface area contributed by atoms with E-state index in [2.05, 4.69) is 0 Å². The molecule has 1 aliphatic rings. The number of nitrogens with zero attached hydrogens (tertiary/aromatic N) is 1. The first kappa shape index (κ1) is 14.6. The Morgan fingerprint density at radius 3 is 2.05 bits per heavy atom. The summed E-state index contributed by atoms with van der Waals surface area (Å²) in [5, 5.41) is 8.84. The largest absolute Gasteiger partial charge is 0.478 e. The van der Waals surface area contributed by atoms with Gasteiger partial charge < -0.3 is 10.0 Å². The van der Waals surface area contributed by atoms with E-state index in [1.54, 1.807) is 24.3 Å². The van der Waals surface area contributed by atoms with Gasteiger partial charge in [0.1, 0.15) is 0 Å². The third kappa shape index (κ3) is 4.08. The van der Waals surface area contributed by atoms with Crippen LogP contribution >= 0.6 is 0 Å². The van der Waals surface area contributed by atoms with E-state index >= 15 is 0 Å². The van der Waals surface area contributed by atoms with Gasteiger partial charge in [-0.3, -0.25) is 4.79 Å². The highest BCUT2D eigenvalue weighted by molar-refractivity contribution is 5.87. The third-order valence-electron chi connectivity index (χ3n) is 3.77. The summed E-state index contributed by atoms with van der Waals surface area (Å²) in [7, 11) is 0. The second-order valence-electron chi connectivity index (χ2n) is 5.33. The molecule has 0 aromatic heterocycles. The van der Waals surface area contributed by atoms with Gasteiger partial charge in [-0.15, -0.1) is 0 Å². The minimum atomic E-state index is -0.938. The number of carboxylic acids is 1. The van der Waals surface area contributed by atoms with Crippen molar-refractivity contribution in [3.05, 3.63) is 35.4 Å². The molecular formula is C16H21NO3. The Morgan fingerprint density at radius 2 is 1.50 bits per heavy atom. The van der Waals surface area contributed by atoms with Crippen molar-refractivity contribution in [2.45, 2.75) is 38.5 Å². The molecule has 0 radical (unpaired) electrons. The smallest absolute Gasteiger partial charge is 0.335 e. The molecule has 2 rings (SSSR count). The predicted octanol–water partition coefficient (Wildman–Crippen LogP) is 2.72. The molecule has 0 aliphatic carbocycles. The number of carbonyl (C=O) groups excluding carboxylic acids is 1. The van der Waals surface area contributed by atoms with Gasteiger partial charge in [-0.2, -0.15) is 0 Å². The fraction of sp³-hybridized carbons (Fsp3) is 0.500. The van der Waals surface area contributed by atoms with Crippen LogP contribution in [0, 0.1) is 0 Å². The van der Waals surface area contributed by atoms with Gasteiger partial charge >= 0.3 is 5.97 Å². The molecule has 1 N–H and O–H groups in total. The predicted molar refractivity (Wildman–Crippen MR) is 76.8 cm³/mol. The quantitative estimate of drug-likeness (QED) is 0.922. The zero-order valence-corrected chi connectivity index (χ0v) is 11.7. The minimum Gasteiger partial charge on any atom is -0.478 e. The number of aromatic carboxylic acids is 1. The highest BCUT2D eigenvalue weighted by Gasteiger charge is 2.15. The maximum absolute atomic E-state index is 12.3. The van der Waals surface area contributed by atoms with E-state index in [1.807, 2.05) is 4.90 Å². The first-order valence-electron chi connectivity index (χ1n) is 7.27. The number of likely N-dealkylation sites (tertiary alicyclic amines) is 1. The van der Waals surface area contributed by atoms with Gasteiger partial charge in [-0.1, -0.05) is 31.4 Å². The fourth-order valence-corrected chi connectivity index (χ4v) is 2.55. The molecule has 4 nitrogen and oxygen atoms in total. The summed E-state index contributed by atoms with van der Waals surface area (Å²) < 4.78 is 0. The van der Waals surface area contributed by atoms with Gasteiger partial charge in [0.25, 0.3) is 0 Å².